The van der Waals surface area contributed by atoms with Crippen molar-refractivity contribution in [3.05, 3.63) is 28.3 Å². The third-order valence-corrected chi connectivity index (χ3v) is 4.07. The number of nitro groups is 1. The Morgan fingerprint density at radius 3 is 2.62 bits per heavy atom. The van der Waals surface area contributed by atoms with Crippen LogP contribution in [0.4, 0.5) is 11.4 Å². The molecule has 1 N–H and O–H groups in total. The van der Waals surface area contributed by atoms with Crippen molar-refractivity contribution in [2.45, 2.75) is 59.1 Å². The van der Waals surface area contributed by atoms with Crippen molar-refractivity contribution in [3.63, 3.8) is 0 Å². The lowest BCUT2D eigenvalue weighted by Gasteiger charge is -2.28. The Hall–Kier alpha value is -1.78. The summed E-state index contributed by atoms with van der Waals surface area (Å²) in [4.78, 5) is 10.7. The third-order valence-electron chi connectivity index (χ3n) is 4.07. The molecule has 5 heteroatoms. The average Bonchev–Trinajstić information content (AvgIpc) is 2.67. The molecule has 5 nitrogen and oxygen atoms in total. The number of anilines is 1. The summed E-state index contributed by atoms with van der Waals surface area (Å²) in [6, 6.07) is 5.25. The quantitative estimate of drug-likeness (QED) is 0.646. The van der Waals surface area contributed by atoms with Gasteiger partial charge in [0.1, 0.15) is 5.75 Å². The summed E-state index contributed by atoms with van der Waals surface area (Å²) < 4.78 is 5.62. The van der Waals surface area contributed by atoms with Gasteiger partial charge in [0.15, 0.2) is 0 Å². The van der Waals surface area contributed by atoms with Crippen LogP contribution in [0.1, 0.15) is 47.0 Å². The molecule has 1 aromatic carbocycles. The van der Waals surface area contributed by atoms with Gasteiger partial charge in [-0.25, -0.2) is 0 Å². The highest BCUT2D eigenvalue weighted by molar-refractivity contribution is 5.57. The Bertz CT molecular complexity index is 526. The number of benzene rings is 1. The van der Waals surface area contributed by atoms with E-state index in [1.54, 1.807) is 6.07 Å². The molecule has 1 saturated carbocycles. The van der Waals surface area contributed by atoms with Crippen molar-refractivity contribution < 1.29 is 9.66 Å². The maximum atomic E-state index is 11.1. The van der Waals surface area contributed by atoms with E-state index in [0.29, 0.717) is 11.8 Å². The molecular formula is C16H24N2O3. The monoisotopic (exact) mass is 292 g/mol. The van der Waals surface area contributed by atoms with Gasteiger partial charge in [0.2, 0.25) is 0 Å². The first-order valence-corrected chi connectivity index (χ1v) is 7.50. The van der Waals surface area contributed by atoms with Crippen LogP contribution >= 0.6 is 0 Å². The summed E-state index contributed by atoms with van der Waals surface area (Å²) in [7, 11) is 0. The molecule has 0 amide bonds. The number of ether oxygens (including phenoxy) is 1. The van der Waals surface area contributed by atoms with Gasteiger partial charge in [0.05, 0.1) is 17.1 Å². The Kier molecular flexibility index (Phi) is 4.40. The lowest BCUT2D eigenvalue weighted by atomic mass is 9.87. The molecule has 1 aromatic rings. The molecule has 116 valence electrons. The predicted octanol–water partition coefficient (Wildman–Crippen LogP) is 4.37. The molecule has 2 rings (SSSR count). The van der Waals surface area contributed by atoms with E-state index in [-0.39, 0.29) is 22.1 Å². The van der Waals surface area contributed by atoms with Gasteiger partial charge in [-0.1, -0.05) is 20.3 Å². The van der Waals surface area contributed by atoms with Crippen LogP contribution in [0.15, 0.2) is 18.2 Å². The van der Waals surface area contributed by atoms with Gasteiger partial charge in [-0.05, 0) is 32.1 Å². The van der Waals surface area contributed by atoms with Crippen molar-refractivity contribution >= 4 is 11.4 Å². The minimum atomic E-state index is -0.377. The summed E-state index contributed by atoms with van der Waals surface area (Å²) in [5.74, 6) is 0.539. The van der Waals surface area contributed by atoms with Gasteiger partial charge in [-0.15, -0.1) is 0 Å². The molecule has 1 aliphatic carbocycles. The van der Waals surface area contributed by atoms with Crippen LogP contribution in [-0.2, 0) is 0 Å². The summed E-state index contributed by atoms with van der Waals surface area (Å²) in [6.07, 6.45) is 3.45. The number of nitrogens with one attached hydrogen (secondary N) is 1. The van der Waals surface area contributed by atoms with Gasteiger partial charge in [-0.3, -0.25) is 10.1 Å². The normalized spacial score (nSPS) is 20.5. The Labute approximate surface area is 125 Å². The number of rotatable bonds is 5. The van der Waals surface area contributed by atoms with Crippen molar-refractivity contribution in [3.8, 4) is 5.75 Å². The minimum absolute atomic E-state index is 0.0113. The van der Waals surface area contributed by atoms with Crippen molar-refractivity contribution in [1.82, 2.24) is 0 Å². The predicted molar refractivity (Wildman–Crippen MR) is 83.9 cm³/mol. The minimum Gasteiger partial charge on any atom is -0.491 e. The number of nitrogens with zero attached hydrogens (tertiary/aromatic N) is 1. The van der Waals surface area contributed by atoms with Gasteiger partial charge in [-0.2, -0.15) is 0 Å². The molecule has 1 fully saturated rings. The fourth-order valence-electron chi connectivity index (χ4n) is 2.91. The van der Waals surface area contributed by atoms with Crippen LogP contribution in [0.3, 0.4) is 0 Å². The topological polar surface area (TPSA) is 64.4 Å². The Balaban J connectivity index is 2.25. The maximum Gasteiger partial charge on any atom is 0.275 e. The molecule has 1 unspecified atom stereocenters. The van der Waals surface area contributed by atoms with E-state index in [2.05, 4.69) is 19.2 Å². The van der Waals surface area contributed by atoms with E-state index in [4.69, 9.17) is 4.74 Å². The first-order valence-electron chi connectivity index (χ1n) is 7.50. The summed E-state index contributed by atoms with van der Waals surface area (Å²) in [5, 5.41) is 14.5. The standard InChI is InChI=1S/C16H24N2O3/c1-11(2)21-14-9-12(8-13(10-14)18(19)20)17-15-6-5-7-16(15,3)4/h8-11,15,17H,5-7H2,1-4H3. The highest BCUT2D eigenvalue weighted by atomic mass is 16.6. The molecule has 21 heavy (non-hydrogen) atoms. The highest BCUT2D eigenvalue weighted by Crippen LogP contribution is 2.39. The third kappa shape index (κ3) is 3.86. The molecular weight excluding hydrogens is 268 g/mol. The first kappa shape index (κ1) is 15.6. The average molecular weight is 292 g/mol. The van der Waals surface area contributed by atoms with E-state index in [0.717, 1.165) is 12.1 Å². The van der Waals surface area contributed by atoms with E-state index >= 15 is 0 Å². The largest absolute Gasteiger partial charge is 0.491 e. The van der Waals surface area contributed by atoms with Crippen LogP contribution in [0.25, 0.3) is 0 Å². The second kappa shape index (κ2) is 5.92. The summed E-state index contributed by atoms with van der Waals surface area (Å²) in [5.41, 5.74) is 1.04. The van der Waals surface area contributed by atoms with Crippen LogP contribution in [-0.4, -0.2) is 17.1 Å². The number of hydrogen-bond acceptors (Lipinski definition) is 4. The molecule has 0 saturated heterocycles. The van der Waals surface area contributed by atoms with E-state index < -0.39 is 0 Å². The maximum absolute atomic E-state index is 11.1. The van der Waals surface area contributed by atoms with Crippen LogP contribution in [0.5, 0.6) is 5.75 Å². The number of nitro benzene ring substituents is 1. The Morgan fingerprint density at radius 1 is 1.38 bits per heavy atom. The van der Waals surface area contributed by atoms with Crippen LogP contribution in [0, 0.1) is 15.5 Å². The zero-order valence-electron chi connectivity index (χ0n) is 13.2. The van der Waals surface area contributed by atoms with Crippen molar-refractivity contribution in [2.24, 2.45) is 5.41 Å². The molecule has 0 aliphatic heterocycles. The molecule has 0 aromatic heterocycles. The van der Waals surface area contributed by atoms with Crippen LogP contribution < -0.4 is 10.1 Å². The lowest BCUT2D eigenvalue weighted by molar-refractivity contribution is -0.384. The lowest BCUT2D eigenvalue weighted by Crippen LogP contribution is -2.30. The molecule has 1 atom stereocenters. The van der Waals surface area contributed by atoms with Gasteiger partial charge in [0.25, 0.3) is 5.69 Å². The van der Waals surface area contributed by atoms with E-state index in [1.807, 2.05) is 19.9 Å². The molecule has 0 radical (unpaired) electrons. The summed E-state index contributed by atoms with van der Waals surface area (Å²) >= 11 is 0. The van der Waals surface area contributed by atoms with Crippen LogP contribution in [0.2, 0.25) is 0 Å². The fourth-order valence-corrected chi connectivity index (χ4v) is 2.91. The van der Waals surface area contributed by atoms with Gasteiger partial charge < -0.3 is 10.1 Å². The number of non-ortho nitro benzene ring substituents is 1. The molecule has 0 heterocycles. The molecule has 1 aliphatic rings. The molecule has 0 spiro atoms. The zero-order chi connectivity index (χ0) is 15.6. The highest BCUT2D eigenvalue weighted by Gasteiger charge is 2.34. The smallest absolute Gasteiger partial charge is 0.275 e. The van der Waals surface area contributed by atoms with E-state index in [1.165, 1.54) is 18.9 Å². The SMILES string of the molecule is CC(C)Oc1cc(NC2CCCC2(C)C)cc([N+](=O)[O-])c1. The number of hydrogen-bond donors (Lipinski definition) is 1. The second-order valence-electron chi connectivity index (χ2n) is 6.72. The van der Waals surface area contributed by atoms with Crippen molar-refractivity contribution in [2.75, 3.05) is 5.32 Å². The fraction of sp³-hybridized carbons (Fsp3) is 0.625. The Morgan fingerprint density at radius 2 is 2.10 bits per heavy atom. The first-order chi connectivity index (χ1) is 9.78. The molecule has 0 bridgehead atoms. The van der Waals surface area contributed by atoms with Crippen molar-refractivity contribution in [1.29, 1.82) is 0 Å². The van der Waals surface area contributed by atoms with E-state index in [9.17, 15) is 10.1 Å². The zero-order valence-corrected chi connectivity index (χ0v) is 13.2. The summed E-state index contributed by atoms with van der Waals surface area (Å²) in [6.45, 7) is 8.29. The van der Waals surface area contributed by atoms with Gasteiger partial charge >= 0.3 is 0 Å². The second-order valence-corrected chi connectivity index (χ2v) is 6.72. The van der Waals surface area contributed by atoms with Gasteiger partial charge in [0, 0.05) is 23.9 Å².